The maximum Gasteiger partial charge on any atom is 0.0548 e. The lowest BCUT2D eigenvalue weighted by Crippen LogP contribution is -2.18. The molecule has 1 aliphatic heterocycles. The van der Waals surface area contributed by atoms with Crippen LogP contribution in [-0.4, -0.2) is 23.0 Å². The Morgan fingerprint density at radius 2 is 2.64 bits per heavy atom. The Bertz CT molecular complexity index is 291. The molecule has 4 nitrogen and oxygen atoms in total. The van der Waals surface area contributed by atoms with E-state index in [4.69, 9.17) is 10.5 Å². The molecule has 1 aliphatic rings. The molecule has 1 saturated heterocycles. The molecule has 1 fully saturated rings. The van der Waals surface area contributed by atoms with Gasteiger partial charge >= 0.3 is 0 Å². The Labute approximate surface area is 84.0 Å². The summed E-state index contributed by atoms with van der Waals surface area (Å²) in [5.74, 6) is 0.625. The molecule has 0 aromatic carbocycles. The van der Waals surface area contributed by atoms with Crippen LogP contribution < -0.4 is 5.73 Å². The average molecular weight is 195 g/mol. The summed E-state index contributed by atoms with van der Waals surface area (Å²) in [5, 5.41) is 4.12. The third kappa shape index (κ3) is 1.96. The molecule has 2 rings (SSSR count). The molecular formula is C10H17N3O. The van der Waals surface area contributed by atoms with E-state index in [-0.39, 0.29) is 6.04 Å². The van der Waals surface area contributed by atoms with Gasteiger partial charge in [0, 0.05) is 32.5 Å². The Morgan fingerprint density at radius 1 is 1.79 bits per heavy atom. The number of rotatable bonds is 3. The minimum atomic E-state index is 0.0919. The van der Waals surface area contributed by atoms with Crippen molar-refractivity contribution in [3.05, 3.63) is 18.0 Å². The summed E-state index contributed by atoms with van der Waals surface area (Å²) in [6.45, 7) is 1.76. The highest BCUT2D eigenvalue weighted by atomic mass is 16.5. The van der Waals surface area contributed by atoms with Crippen molar-refractivity contribution >= 4 is 0 Å². The van der Waals surface area contributed by atoms with Gasteiger partial charge < -0.3 is 10.5 Å². The molecular weight excluding hydrogens is 178 g/mol. The van der Waals surface area contributed by atoms with E-state index in [2.05, 4.69) is 5.10 Å². The number of nitrogens with zero attached hydrogens (tertiary/aromatic N) is 2. The topological polar surface area (TPSA) is 53.1 Å². The lowest BCUT2D eigenvalue weighted by atomic mass is 9.98. The zero-order valence-electron chi connectivity index (χ0n) is 8.52. The number of ether oxygens (including phenoxy) is 1. The predicted molar refractivity (Wildman–Crippen MR) is 53.7 cm³/mol. The molecule has 0 aliphatic carbocycles. The van der Waals surface area contributed by atoms with Crippen LogP contribution in [0.15, 0.2) is 12.3 Å². The zero-order chi connectivity index (χ0) is 9.97. The second-order valence-corrected chi connectivity index (χ2v) is 3.95. The number of nitrogens with two attached hydrogens (primary N) is 1. The van der Waals surface area contributed by atoms with Gasteiger partial charge in [0.1, 0.15) is 0 Å². The molecule has 2 unspecified atom stereocenters. The van der Waals surface area contributed by atoms with Gasteiger partial charge in [0.15, 0.2) is 0 Å². The molecule has 0 spiro atoms. The van der Waals surface area contributed by atoms with Gasteiger partial charge in [-0.3, -0.25) is 4.68 Å². The van der Waals surface area contributed by atoms with Gasteiger partial charge in [-0.05, 0) is 24.8 Å². The molecule has 4 heteroatoms. The van der Waals surface area contributed by atoms with E-state index >= 15 is 0 Å². The van der Waals surface area contributed by atoms with Crippen molar-refractivity contribution in [3.8, 4) is 0 Å². The highest BCUT2D eigenvalue weighted by Gasteiger charge is 2.20. The minimum absolute atomic E-state index is 0.0919. The first-order chi connectivity index (χ1) is 6.77. The van der Waals surface area contributed by atoms with Crippen molar-refractivity contribution < 1.29 is 4.74 Å². The SMILES string of the molecule is Cn1nccc1C(N)CC1CCOC1. The summed E-state index contributed by atoms with van der Waals surface area (Å²) >= 11 is 0. The van der Waals surface area contributed by atoms with Crippen LogP contribution >= 0.6 is 0 Å². The maximum absolute atomic E-state index is 6.10. The average Bonchev–Trinajstić information content (AvgIpc) is 2.75. The van der Waals surface area contributed by atoms with E-state index in [1.54, 1.807) is 6.20 Å². The summed E-state index contributed by atoms with van der Waals surface area (Å²) in [4.78, 5) is 0. The van der Waals surface area contributed by atoms with Crippen LogP contribution in [0.5, 0.6) is 0 Å². The van der Waals surface area contributed by atoms with Gasteiger partial charge in [0.2, 0.25) is 0 Å². The van der Waals surface area contributed by atoms with Gasteiger partial charge in [-0.25, -0.2) is 0 Å². The van der Waals surface area contributed by atoms with Crippen LogP contribution in [0.4, 0.5) is 0 Å². The van der Waals surface area contributed by atoms with Crippen molar-refractivity contribution in [3.63, 3.8) is 0 Å². The summed E-state index contributed by atoms with van der Waals surface area (Å²) < 4.78 is 7.18. The number of aromatic nitrogens is 2. The standard InChI is InChI=1S/C10H17N3O/c1-13-10(2-4-12-13)9(11)6-8-3-5-14-7-8/h2,4,8-9H,3,5-7,11H2,1H3. The summed E-state index contributed by atoms with van der Waals surface area (Å²) in [5.41, 5.74) is 7.21. The van der Waals surface area contributed by atoms with Crippen molar-refractivity contribution in [1.82, 2.24) is 9.78 Å². The van der Waals surface area contributed by atoms with Crippen LogP contribution in [0.2, 0.25) is 0 Å². The molecule has 2 N–H and O–H groups in total. The van der Waals surface area contributed by atoms with E-state index in [9.17, 15) is 0 Å². The molecule has 14 heavy (non-hydrogen) atoms. The summed E-state index contributed by atoms with van der Waals surface area (Å²) in [7, 11) is 1.93. The van der Waals surface area contributed by atoms with Gasteiger partial charge in [-0.1, -0.05) is 0 Å². The van der Waals surface area contributed by atoms with Gasteiger partial charge in [0.05, 0.1) is 5.69 Å². The zero-order valence-corrected chi connectivity index (χ0v) is 8.52. The molecule has 0 saturated carbocycles. The predicted octanol–water partition coefficient (Wildman–Crippen LogP) is 0.847. The van der Waals surface area contributed by atoms with Crippen LogP contribution in [0.25, 0.3) is 0 Å². The van der Waals surface area contributed by atoms with E-state index in [1.165, 1.54) is 0 Å². The van der Waals surface area contributed by atoms with Crippen LogP contribution in [0, 0.1) is 5.92 Å². The number of aryl methyl sites for hydroxylation is 1. The minimum Gasteiger partial charge on any atom is -0.381 e. The van der Waals surface area contributed by atoms with Crippen molar-refractivity contribution in [2.24, 2.45) is 18.7 Å². The Morgan fingerprint density at radius 3 is 3.21 bits per heavy atom. The molecule has 0 radical (unpaired) electrons. The molecule has 0 amide bonds. The van der Waals surface area contributed by atoms with Crippen molar-refractivity contribution in [1.29, 1.82) is 0 Å². The Hall–Kier alpha value is -0.870. The van der Waals surface area contributed by atoms with E-state index in [1.807, 2.05) is 17.8 Å². The first-order valence-corrected chi connectivity index (χ1v) is 5.08. The molecule has 78 valence electrons. The summed E-state index contributed by atoms with van der Waals surface area (Å²) in [6.07, 6.45) is 3.94. The highest BCUT2D eigenvalue weighted by molar-refractivity contribution is 5.05. The van der Waals surface area contributed by atoms with Crippen LogP contribution in [0.1, 0.15) is 24.6 Å². The monoisotopic (exact) mass is 195 g/mol. The quantitative estimate of drug-likeness (QED) is 0.777. The fourth-order valence-electron chi connectivity index (χ4n) is 2.00. The molecule has 0 bridgehead atoms. The largest absolute Gasteiger partial charge is 0.381 e. The molecule has 1 aromatic rings. The van der Waals surface area contributed by atoms with Crippen LogP contribution in [-0.2, 0) is 11.8 Å². The lowest BCUT2D eigenvalue weighted by Gasteiger charge is -2.15. The van der Waals surface area contributed by atoms with Gasteiger partial charge in [-0.2, -0.15) is 5.10 Å². The molecule has 2 atom stereocenters. The second-order valence-electron chi connectivity index (χ2n) is 3.95. The first kappa shape index (κ1) is 9.68. The Balaban J connectivity index is 1.95. The van der Waals surface area contributed by atoms with Crippen LogP contribution in [0.3, 0.4) is 0 Å². The lowest BCUT2D eigenvalue weighted by molar-refractivity contribution is 0.182. The maximum atomic E-state index is 6.10. The summed E-state index contributed by atoms with van der Waals surface area (Å²) in [6, 6.07) is 2.08. The van der Waals surface area contributed by atoms with E-state index < -0.39 is 0 Å². The third-order valence-corrected chi connectivity index (χ3v) is 2.85. The number of hydrogen-bond acceptors (Lipinski definition) is 3. The van der Waals surface area contributed by atoms with E-state index in [0.29, 0.717) is 5.92 Å². The van der Waals surface area contributed by atoms with Crippen molar-refractivity contribution in [2.75, 3.05) is 13.2 Å². The number of hydrogen-bond donors (Lipinski definition) is 1. The third-order valence-electron chi connectivity index (χ3n) is 2.85. The van der Waals surface area contributed by atoms with E-state index in [0.717, 1.165) is 31.7 Å². The fraction of sp³-hybridized carbons (Fsp3) is 0.700. The first-order valence-electron chi connectivity index (χ1n) is 5.08. The molecule has 2 heterocycles. The Kier molecular flexibility index (Phi) is 2.84. The van der Waals surface area contributed by atoms with Crippen molar-refractivity contribution in [2.45, 2.75) is 18.9 Å². The smallest absolute Gasteiger partial charge is 0.0548 e. The second kappa shape index (κ2) is 4.11. The highest BCUT2D eigenvalue weighted by Crippen LogP contribution is 2.24. The molecule has 1 aromatic heterocycles. The normalized spacial score (nSPS) is 24.0. The fourth-order valence-corrected chi connectivity index (χ4v) is 2.00. The van der Waals surface area contributed by atoms with Gasteiger partial charge in [-0.15, -0.1) is 0 Å². The van der Waals surface area contributed by atoms with Gasteiger partial charge in [0.25, 0.3) is 0 Å².